The van der Waals surface area contributed by atoms with Crippen LogP contribution in [0.25, 0.3) is 22.3 Å². The second-order valence-corrected chi connectivity index (χ2v) is 8.72. The molecular weight excluding hydrogens is 418 g/mol. The van der Waals surface area contributed by atoms with E-state index in [0.29, 0.717) is 43.7 Å². The van der Waals surface area contributed by atoms with Crippen LogP contribution in [0.2, 0.25) is 0 Å². The number of hydrogen-bond acceptors (Lipinski definition) is 5. The number of benzene rings is 1. The molecule has 0 radical (unpaired) electrons. The van der Waals surface area contributed by atoms with Gasteiger partial charge in [-0.15, -0.1) is 0 Å². The number of carbonyl (C=O) groups excluding carboxylic acids is 2. The summed E-state index contributed by atoms with van der Waals surface area (Å²) in [6.07, 6.45) is 2.81. The maximum atomic E-state index is 13.4. The predicted octanol–water partition coefficient (Wildman–Crippen LogP) is 4.34. The zero-order valence-corrected chi connectivity index (χ0v) is 19.7. The Morgan fingerprint density at radius 2 is 1.94 bits per heavy atom. The Hall–Kier alpha value is -3.42. The molecule has 33 heavy (non-hydrogen) atoms. The number of rotatable bonds is 5. The third-order valence-electron chi connectivity index (χ3n) is 6.08. The summed E-state index contributed by atoms with van der Waals surface area (Å²) >= 11 is 0. The number of amides is 2. The summed E-state index contributed by atoms with van der Waals surface area (Å²) in [7, 11) is 0. The van der Waals surface area contributed by atoms with Gasteiger partial charge in [0.2, 0.25) is 0 Å². The van der Waals surface area contributed by atoms with E-state index in [9.17, 15) is 9.59 Å². The second-order valence-electron chi connectivity index (χ2n) is 8.72. The number of nitrogens with one attached hydrogen (secondary N) is 1. The van der Waals surface area contributed by atoms with Gasteiger partial charge in [-0.05, 0) is 52.2 Å². The van der Waals surface area contributed by atoms with Crippen molar-refractivity contribution in [3.8, 4) is 11.3 Å². The average Bonchev–Trinajstić information content (AvgIpc) is 3.23. The first kappa shape index (κ1) is 22.8. The lowest BCUT2D eigenvalue weighted by atomic mass is 10.0. The van der Waals surface area contributed by atoms with Gasteiger partial charge in [-0.3, -0.25) is 4.79 Å². The highest BCUT2D eigenvalue weighted by atomic mass is 16.6. The number of ether oxygens (including phenoxy) is 1. The number of nitrogens with zero attached hydrogens (tertiary/aromatic N) is 4. The third kappa shape index (κ3) is 4.69. The van der Waals surface area contributed by atoms with Crippen LogP contribution in [-0.4, -0.2) is 57.4 Å². The first-order chi connectivity index (χ1) is 15.9. The lowest BCUT2D eigenvalue weighted by molar-refractivity contribution is 0.0861. The number of aryl methyl sites for hydroxylation is 1. The van der Waals surface area contributed by atoms with Crippen LogP contribution in [0.15, 0.2) is 36.5 Å². The largest absolute Gasteiger partial charge is 0.450 e. The molecule has 1 fully saturated rings. The monoisotopic (exact) mass is 449 g/mol. The fourth-order valence-corrected chi connectivity index (χ4v) is 4.27. The molecule has 1 saturated heterocycles. The van der Waals surface area contributed by atoms with Gasteiger partial charge in [-0.1, -0.05) is 24.3 Å². The molecule has 0 bridgehead atoms. The van der Waals surface area contributed by atoms with E-state index < -0.39 is 0 Å². The molecule has 4 rings (SSSR count). The molecule has 0 unspecified atom stereocenters. The summed E-state index contributed by atoms with van der Waals surface area (Å²) in [5.41, 5.74) is 4.11. The van der Waals surface area contributed by atoms with Crippen LogP contribution in [0, 0.1) is 6.92 Å². The molecule has 0 aliphatic carbocycles. The average molecular weight is 450 g/mol. The van der Waals surface area contributed by atoms with Crippen molar-refractivity contribution in [2.24, 2.45) is 0 Å². The minimum Gasteiger partial charge on any atom is -0.450 e. The van der Waals surface area contributed by atoms with E-state index in [4.69, 9.17) is 9.72 Å². The fourth-order valence-electron chi connectivity index (χ4n) is 4.27. The molecule has 3 heterocycles. The number of likely N-dealkylation sites (tertiary alicyclic amines) is 1. The molecule has 3 aromatic rings. The summed E-state index contributed by atoms with van der Waals surface area (Å²) < 4.78 is 6.94. The Labute approximate surface area is 193 Å². The number of pyridine rings is 1. The van der Waals surface area contributed by atoms with E-state index in [1.165, 1.54) is 0 Å². The van der Waals surface area contributed by atoms with Gasteiger partial charge in [0.05, 0.1) is 29.4 Å². The van der Waals surface area contributed by atoms with E-state index in [2.05, 4.69) is 10.4 Å². The van der Waals surface area contributed by atoms with E-state index in [1.807, 2.05) is 55.8 Å². The quantitative estimate of drug-likeness (QED) is 0.626. The molecule has 2 amide bonds. The van der Waals surface area contributed by atoms with Gasteiger partial charge < -0.3 is 15.0 Å². The van der Waals surface area contributed by atoms with Crippen molar-refractivity contribution in [1.82, 2.24) is 25.0 Å². The van der Waals surface area contributed by atoms with Crippen molar-refractivity contribution in [2.75, 3.05) is 19.7 Å². The second kappa shape index (κ2) is 9.60. The van der Waals surface area contributed by atoms with E-state index in [-0.39, 0.29) is 24.1 Å². The first-order valence-corrected chi connectivity index (χ1v) is 11.6. The molecule has 8 nitrogen and oxygen atoms in total. The van der Waals surface area contributed by atoms with Gasteiger partial charge in [0, 0.05) is 30.7 Å². The smallest absolute Gasteiger partial charge is 0.409 e. The molecule has 8 heteroatoms. The van der Waals surface area contributed by atoms with Crippen molar-refractivity contribution in [3.63, 3.8) is 0 Å². The highest BCUT2D eigenvalue weighted by Crippen LogP contribution is 2.28. The molecule has 1 N–H and O–H groups in total. The van der Waals surface area contributed by atoms with Crippen molar-refractivity contribution in [3.05, 3.63) is 47.7 Å². The molecule has 1 aliphatic heterocycles. The van der Waals surface area contributed by atoms with E-state index in [1.54, 1.807) is 18.0 Å². The summed E-state index contributed by atoms with van der Waals surface area (Å²) in [5.74, 6) is -0.143. The predicted molar refractivity (Wildman–Crippen MR) is 127 cm³/mol. The van der Waals surface area contributed by atoms with Crippen molar-refractivity contribution in [2.45, 2.75) is 52.6 Å². The van der Waals surface area contributed by atoms with Gasteiger partial charge >= 0.3 is 6.09 Å². The summed E-state index contributed by atoms with van der Waals surface area (Å²) in [5, 5.41) is 8.41. The number of fused-ring (bicyclic) bond motifs is 1. The van der Waals surface area contributed by atoms with Crippen LogP contribution in [0.5, 0.6) is 0 Å². The summed E-state index contributed by atoms with van der Waals surface area (Å²) in [6.45, 7) is 9.42. The number of piperidine rings is 1. The molecule has 1 aromatic carbocycles. The molecule has 2 aromatic heterocycles. The minimum atomic E-state index is -0.290. The standard InChI is InChI=1S/C25H31N5O3/c1-5-33-25(32)29-12-10-18(11-13-29)27-24(31)20-14-22(19-9-7-6-8-17(19)4)28-23-21(20)15-26-30(23)16(2)3/h6-9,14-16,18H,5,10-13H2,1-4H3,(H,27,31). The summed E-state index contributed by atoms with van der Waals surface area (Å²) in [4.78, 5) is 31.9. The van der Waals surface area contributed by atoms with Crippen molar-refractivity contribution in [1.29, 1.82) is 0 Å². The highest BCUT2D eigenvalue weighted by Gasteiger charge is 2.26. The zero-order valence-electron chi connectivity index (χ0n) is 19.7. The molecule has 1 aliphatic rings. The topological polar surface area (TPSA) is 89.3 Å². The molecule has 174 valence electrons. The normalized spacial score (nSPS) is 14.6. The maximum Gasteiger partial charge on any atom is 0.409 e. The number of aromatic nitrogens is 3. The Morgan fingerprint density at radius 3 is 2.61 bits per heavy atom. The lowest BCUT2D eigenvalue weighted by Crippen LogP contribution is -2.46. The Morgan fingerprint density at radius 1 is 1.21 bits per heavy atom. The first-order valence-electron chi connectivity index (χ1n) is 11.6. The van der Waals surface area contributed by atoms with Gasteiger partial charge in [-0.25, -0.2) is 14.5 Å². The van der Waals surface area contributed by atoms with Gasteiger partial charge in [-0.2, -0.15) is 5.10 Å². The molecular formula is C25H31N5O3. The van der Waals surface area contributed by atoms with Crippen LogP contribution < -0.4 is 5.32 Å². The van der Waals surface area contributed by atoms with Gasteiger partial charge in [0.25, 0.3) is 5.91 Å². The number of carbonyl (C=O) groups is 2. The van der Waals surface area contributed by atoms with Gasteiger partial charge in [0.1, 0.15) is 0 Å². The van der Waals surface area contributed by atoms with Crippen LogP contribution in [0.1, 0.15) is 55.6 Å². The van der Waals surface area contributed by atoms with Crippen LogP contribution in [0.4, 0.5) is 4.79 Å². The van der Waals surface area contributed by atoms with Crippen LogP contribution in [0.3, 0.4) is 0 Å². The van der Waals surface area contributed by atoms with Crippen LogP contribution in [-0.2, 0) is 4.74 Å². The Kier molecular flexibility index (Phi) is 6.62. The number of hydrogen-bond donors (Lipinski definition) is 1. The Bertz CT molecular complexity index is 1160. The van der Waals surface area contributed by atoms with Crippen molar-refractivity contribution >= 4 is 23.0 Å². The summed E-state index contributed by atoms with van der Waals surface area (Å²) in [6, 6.07) is 10.0. The SMILES string of the molecule is CCOC(=O)N1CCC(NC(=O)c2cc(-c3ccccc3C)nc3c2cnn3C(C)C)CC1. The minimum absolute atomic E-state index is 0.00607. The lowest BCUT2D eigenvalue weighted by Gasteiger charge is -2.31. The highest BCUT2D eigenvalue weighted by molar-refractivity contribution is 6.06. The zero-order chi connectivity index (χ0) is 23.5. The Balaban J connectivity index is 1.62. The fraction of sp³-hybridized carbons (Fsp3) is 0.440. The third-order valence-corrected chi connectivity index (χ3v) is 6.08. The molecule has 0 atom stereocenters. The molecule has 0 spiro atoms. The van der Waals surface area contributed by atoms with Gasteiger partial charge in [0.15, 0.2) is 5.65 Å². The van der Waals surface area contributed by atoms with E-state index >= 15 is 0 Å². The van der Waals surface area contributed by atoms with Crippen LogP contribution >= 0.6 is 0 Å². The molecule has 0 saturated carbocycles. The van der Waals surface area contributed by atoms with E-state index in [0.717, 1.165) is 22.2 Å². The maximum absolute atomic E-state index is 13.4. The van der Waals surface area contributed by atoms with Crippen molar-refractivity contribution < 1.29 is 14.3 Å².